The van der Waals surface area contributed by atoms with E-state index in [0.29, 0.717) is 6.61 Å². The molecule has 2 fully saturated rings. The van der Waals surface area contributed by atoms with Gasteiger partial charge in [-0.15, -0.1) is 0 Å². The highest BCUT2D eigenvalue weighted by molar-refractivity contribution is 6.88. The molecule has 0 amide bonds. The predicted octanol–water partition coefficient (Wildman–Crippen LogP) is 3.09. The van der Waals surface area contributed by atoms with Crippen LogP contribution in [0.4, 0.5) is 0 Å². The van der Waals surface area contributed by atoms with Crippen LogP contribution in [0.15, 0.2) is 36.4 Å². The Morgan fingerprint density at radius 3 is 2.56 bits per heavy atom. The first-order valence-electron chi connectivity index (χ1n) is 9.45. The Labute approximate surface area is 161 Å². The van der Waals surface area contributed by atoms with E-state index >= 15 is 0 Å². The number of hydrogen-bond acceptors (Lipinski definition) is 5. The van der Waals surface area contributed by atoms with Gasteiger partial charge in [0.1, 0.15) is 26.4 Å². The van der Waals surface area contributed by atoms with Crippen LogP contribution in [0.2, 0.25) is 19.6 Å². The first-order valence-corrected chi connectivity index (χ1v) is 13.0. The molecule has 0 spiro atoms. The molecule has 0 radical (unpaired) electrons. The average molecular weight is 389 g/mol. The van der Waals surface area contributed by atoms with Crippen LogP contribution < -0.4 is 5.32 Å². The quantitative estimate of drug-likeness (QED) is 0.798. The summed E-state index contributed by atoms with van der Waals surface area (Å²) < 4.78 is 24.5. The van der Waals surface area contributed by atoms with Gasteiger partial charge in [0, 0.05) is 5.32 Å². The van der Waals surface area contributed by atoms with Gasteiger partial charge >= 0.3 is 0 Å². The van der Waals surface area contributed by atoms with Gasteiger partial charge in [-0.2, -0.15) is 5.10 Å². The third kappa shape index (κ3) is 3.88. The van der Waals surface area contributed by atoms with Crippen molar-refractivity contribution in [1.82, 2.24) is 10.2 Å². The van der Waals surface area contributed by atoms with E-state index in [9.17, 15) is 0 Å². The Morgan fingerprint density at radius 1 is 1.15 bits per heavy atom. The second kappa shape index (κ2) is 6.83. The standard InChI is InChI=1S/C20H28N2O4Si/c1-20(2)25-18-17(23-12-13-9-7-6-8-10-13)16(24-19(18)26-20)14-11-15(22-21-14)27(3,4)5/h6-11,16-19H,12H2,1-5H3,(H,21,22)/t16-,17-,18-,19-/m1/s1. The number of ether oxygens (including phenoxy) is 4. The summed E-state index contributed by atoms with van der Waals surface area (Å²) in [5, 5.41) is 8.81. The van der Waals surface area contributed by atoms with E-state index < -0.39 is 20.2 Å². The van der Waals surface area contributed by atoms with Crippen LogP contribution in [0.1, 0.15) is 31.2 Å². The van der Waals surface area contributed by atoms with Crippen molar-refractivity contribution in [2.75, 3.05) is 0 Å². The SMILES string of the molecule is CC1(C)O[C@H]2O[C@H](c3cc([Si](C)(C)C)n[nH]3)[C@@H](OCc3ccccc3)[C@H]2O1. The van der Waals surface area contributed by atoms with Crippen LogP contribution >= 0.6 is 0 Å². The van der Waals surface area contributed by atoms with Crippen LogP contribution in [0.3, 0.4) is 0 Å². The molecule has 4 atom stereocenters. The minimum atomic E-state index is -1.51. The average Bonchev–Trinajstić information content (AvgIpc) is 3.26. The molecule has 1 aromatic heterocycles. The lowest BCUT2D eigenvalue weighted by atomic mass is 10.1. The highest BCUT2D eigenvalue weighted by Gasteiger charge is 2.56. The maximum Gasteiger partial charge on any atom is 0.190 e. The number of fused-ring (bicyclic) bond motifs is 1. The molecule has 0 unspecified atom stereocenters. The number of rotatable bonds is 5. The zero-order valence-corrected chi connectivity index (χ0v) is 17.6. The number of benzene rings is 1. The number of hydrogen-bond donors (Lipinski definition) is 1. The zero-order valence-electron chi connectivity index (χ0n) is 16.6. The van der Waals surface area contributed by atoms with Gasteiger partial charge in [-0.05, 0) is 25.5 Å². The van der Waals surface area contributed by atoms with Gasteiger partial charge in [0.15, 0.2) is 12.1 Å². The highest BCUT2D eigenvalue weighted by atomic mass is 28.3. The smallest absolute Gasteiger partial charge is 0.190 e. The highest BCUT2D eigenvalue weighted by Crippen LogP contribution is 2.44. The maximum atomic E-state index is 6.29. The van der Waals surface area contributed by atoms with Crippen molar-refractivity contribution in [3.05, 3.63) is 47.7 Å². The second-order valence-electron chi connectivity index (χ2n) is 8.74. The minimum Gasteiger partial charge on any atom is -0.367 e. The summed E-state index contributed by atoms with van der Waals surface area (Å²) in [7, 11) is -1.51. The molecule has 2 aromatic rings. The Hall–Kier alpha value is -1.51. The van der Waals surface area contributed by atoms with Crippen LogP contribution in [0.5, 0.6) is 0 Å². The van der Waals surface area contributed by atoms with Crippen LogP contribution in [0, 0.1) is 0 Å². The van der Waals surface area contributed by atoms with Gasteiger partial charge in [-0.1, -0.05) is 50.0 Å². The fourth-order valence-electron chi connectivity index (χ4n) is 3.54. The third-order valence-corrected chi connectivity index (χ3v) is 6.74. The maximum absolute atomic E-state index is 6.29. The summed E-state index contributed by atoms with van der Waals surface area (Å²) in [6.07, 6.45) is -1.28. The summed E-state index contributed by atoms with van der Waals surface area (Å²) in [5.41, 5.74) is 2.04. The van der Waals surface area contributed by atoms with E-state index in [4.69, 9.17) is 18.9 Å². The fraction of sp³-hybridized carbons (Fsp3) is 0.550. The summed E-state index contributed by atoms with van der Waals surface area (Å²) >= 11 is 0. The number of aromatic nitrogens is 2. The Kier molecular flexibility index (Phi) is 4.76. The van der Waals surface area contributed by atoms with Gasteiger partial charge < -0.3 is 18.9 Å². The van der Waals surface area contributed by atoms with Gasteiger partial charge in [0.05, 0.1) is 12.3 Å². The topological polar surface area (TPSA) is 65.6 Å². The van der Waals surface area contributed by atoms with Gasteiger partial charge in [-0.25, -0.2) is 0 Å². The molecule has 0 saturated carbocycles. The zero-order chi connectivity index (χ0) is 19.2. The third-order valence-electron chi connectivity index (χ3n) is 4.95. The van der Waals surface area contributed by atoms with E-state index in [1.807, 2.05) is 32.0 Å². The van der Waals surface area contributed by atoms with Crippen molar-refractivity contribution < 1.29 is 18.9 Å². The van der Waals surface area contributed by atoms with E-state index in [-0.39, 0.29) is 18.3 Å². The Bertz CT molecular complexity index is 787. The van der Waals surface area contributed by atoms with Gasteiger partial charge in [0.25, 0.3) is 0 Å². The van der Waals surface area contributed by atoms with Crippen molar-refractivity contribution in [3.63, 3.8) is 0 Å². The van der Waals surface area contributed by atoms with Crippen molar-refractivity contribution in [2.45, 2.75) is 70.5 Å². The van der Waals surface area contributed by atoms with E-state index in [0.717, 1.165) is 16.6 Å². The summed E-state index contributed by atoms with van der Waals surface area (Å²) in [6, 6.07) is 12.2. The van der Waals surface area contributed by atoms with Gasteiger partial charge in [0.2, 0.25) is 0 Å². The molecule has 2 aliphatic heterocycles. The lowest BCUT2D eigenvalue weighted by Crippen LogP contribution is -2.38. The molecule has 0 bridgehead atoms. The molecule has 7 heteroatoms. The molecule has 6 nitrogen and oxygen atoms in total. The largest absolute Gasteiger partial charge is 0.367 e. The van der Waals surface area contributed by atoms with E-state index in [1.54, 1.807) is 0 Å². The van der Waals surface area contributed by atoms with Crippen molar-refractivity contribution in [1.29, 1.82) is 0 Å². The number of aromatic amines is 1. The minimum absolute atomic E-state index is 0.271. The molecule has 0 aliphatic carbocycles. The van der Waals surface area contributed by atoms with Crippen molar-refractivity contribution >= 4 is 13.4 Å². The van der Waals surface area contributed by atoms with Crippen molar-refractivity contribution in [2.24, 2.45) is 0 Å². The van der Waals surface area contributed by atoms with Crippen LogP contribution in [0.25, 0.3) is 0 Å². The monoisotopic (exact) mass is 388 g/mol. The number of H-pyrrole nitrogens is 1. The second-order valence-corrected chi connectivity index (χ2v) is 13.8. The van der Waals surface area contributed by atoms with E-state index in [2.05, 4.69) is 48.0 Å². The first kappa shape index (κ1) is 18.8. The Morgan fingerprint density at radius 2 is 1.89 bits per heavy atom. The molecule has 1 aromatic carbocycles. The molecular weight excluding hydrogens is 360 g/mol. The van der Waals surface area contributed by atoms with Crippen LogP contribution in [-0.2, 0) is 25.6 Å². The predicted molar refractivity (Wildman–Crippen MR) is 104 cm³/mol. The Balaban J connectivity index is 1.57. The first-order chi connectivity index (χ1) is 12.7. The fourth-order valence-corrected chi connectivity index (χ4v) is 4.52. The molecule has 2 aliphatic rings. The number of nitrogens with zero attached hydrogens (tertiary/aromatic N) is 1. The normalized spacial score (nSPS) is 29.8. The molecular formula is C20H28N2O4Si. The molecule has 4 rings (SSSR count). The molecule has 3 heterocycles. The summed E-state index contributed by atoms with van der Waals surface area (Å²) in [5.74, 6) is -0.674. The summed E-state index contributed by atoms with van der Waals surface area (Å²) in [4.78, 5) is 0. The van der Waals surface area contributed by atoms with Crippen LogP contribution in [-0.4, -0.2) is 42.6 Å². The molecule has 146 valence electrons. The molecule has 27 heavy (non-hydrogen) atoms. The molecule has 1 N–H and O–H groups in total. The number of nitrogens with one attached hydrogen (secondary N) is 1. The lowest BCUT2D eigenvalue weighted by molar-refractivity contribution is -0.220. The van der Waals surface area contributed by atoms with E-state index in [1.165, 1.54) is 0 Å². The van der Waals surface area contributed by atoms with Crippen molar-refractivity contribution in [3.8, 4) is 0 Å². The summed E-state index contributed by atoms with van der Waals surface area (Å²) in [6.45, 7) is 11.1. The van der Waals surface area contributed by atoms with Gasteiger partial charge in [-0.3, -0.25) is 5.10 Å². The molecule has 2 saturated heterocycles. The lowest BCUT2D eigenvalue weighted by Gasteiger charge is -2.25.